The van der Waals surface area contributed by atoms with Crippen LogP contribution in [0.3, 0.4) is 0 Å². The maximum atomic E-state index is 12.1. The number of nitrogens with one attached hydrogen (secondary N) is 2. The third kappa shape index (κ3) is 5.01. The molecule has 3 rings (SSSR count). The molecule has 2 heterocycles. The number of hydrogen-bond acceptors (Lipinski definition) is 5. The molecular weight excluding hydrogens is 358 g/mol. The summed E-state index contributed by atoms with van der Waals surface area (Å²) in [6.07, 6.45) is 1.71. The van der Waals surface area contributed by atoms with E-state index in [2.05, 4.69) is 39.9 Å². The summed E-state index contributed by atoms with van der Waals surface area (Å²) < 4.78 is 5.27. The molecule has 7 heteroatoms. The number of amides is 1. The Kier molecular flexibility index (Phi) is 7.38. The second kappa shape index (κ2) is 9.29. The average Bonchev–Trinajstić information content (AvgIpc) is 3.24. The minimum absolute atomic E-state index is 0. The first kappa shape index (κ1) is 19.8. The highest BCUT2D eigenvalue weighted by atomic mass is 35.5. The monoisotopic (exact) mass is 381 g/mol. The van der Waals surface area contributed by atoms with Gasteiger partial charge in [-0.05, 0) is 30.9 Å². The molecule has 0 aliphatic carbocycles. The number of rotatable bonds is 6. The van der Waals surface area contributed by atoms with Crippen LogP contribution in [0.4, 0.5) is 0 Å². The number of nitrogens with zero attached hydrogens (tertiary/aromatic N) is 1. The van der Waals surface area contributed by atoms with Gasteiger partial charge in [0.2, 0.25) is 5.91 Å². The van der Waals surface area contributed by atoms with Gasteiger partial charge in [0.1, 0.15) is 0 Å². The summed E-state index contributed by atoms with van der Waals surface area (Å²) in [6, 6.07) is 8.36. The molecule has 1 saturated heterocycles. The van der Waals surface area contributed by atoms with Crippen LogP contribution in [0.15, 0.2) is 29.8 Å². The van der Waals surface area contributed by atoms with Gasteiger partial charge in [-0.1, -0.05) is 24.3 Å². The van der Waals surface area contributed by atoms with E-state index in [1.165, 1.54) is 16.0 Å². The molecule has 0 saturated carbocycles. The van der Waals surface area contributed by atoms with Crippen molar-refractivity contribution in [3.05, 3.63) is 41.0 Å². The molecule has 0 spiro atoms. The smallest absolute Gasteiger partial charge is 0.237 e. The highest BCUT2D eigenvalue weighted by molar-refractivity contribution is 7.13. The Hall–Kier alpha value is -1.47. The van der Waals surface area contributed by atoms with E-state index in [1.54, 1.807) is 18.4 Å². The average molecular weight is 382 g/mol. The first-order chi connectivity index (χ1) is 11.7. The number of aromatic nitrogens is 1. The van der Waals surface area contributed by atoms with Gasteiger partial charge < -0.3 is 15.4 Å². The van der Waals surface area contributed by atoms with Crippen LogP contribution < -0.4 is 10.6 Å². The molecule has 0 unspecified atom stereocenters. The van der Waals surface area contributed by atoms with Crippen molar-refractivity contribution < 1.29 is 9.53 Å². The highest BCUT2D eigenvalue weighted by Gasteiger charge is 2.28. The van der Waals surface area contributed by atoms with Crippen molar-refractivity contribution >= 4 is 29.7 Å². The molecular formula is C18H24ClN3O2S. The number of carbonyl (C=O) groups is 1. The summed E-state index contributed by atoms with van der Waals surface area (Å²) in [5, 5.41) is 6.20. The van der Waals surface area contributed by atoms with E-state index >= 15 is 0 Å². The van der Waals surface area contributed by atoms with E-state index in [1.807, 2.05) is 12.4 Å². The topological polar surface area (TPSA) is 63.2 Å². The van der Waals surface area contributed by atoms with Crippen LogP contribution in [0.25, 0.3) is 10.4 Å². The highest BCUT2D eigenvalue weighted by Crippen LogP contribution is 2.27. The Balaban J connectivity index is 0.00000225. The molecule has 1 aliphatic heterocycles. The maximum Gasteiger partial charge on any atom is 0.237 e. The third-order valence-corrected chi connectivity index (χ3v) is 5.39. The molecule has 1 aromatic heterocycles. The number of ether oxygens (including phenoxy) is 1. The van der Waals surface area contributed by atoms with E-state index in [-0.39, 0.29) is 30.5 Å². The molecule has 5 nitrogen and oxygen atoms in total. The number of hydrogen-bond donors (Lipinski definition) is 2. The number of benzene rings is 1. The SMILES string of the molecule is CO[C@H]1CN[C@H](C(=O)NCCc2ccc(-c3scnc3C)cc2)C1.Cl. The Morgan fingerprint density at radius 2 is 2.16 bits per heavy atom. The van der Waals surface area contributed by atoms with Crippen molar-refractivity contribution in [3.8, 4) is 10.4 Å². The summed E-state index contributed by atoms with van der Waals surface area (Å²) in [5.74, 6) is 0.0615. The molecule has 1 aliphatic rings. The minimum Gasteiger partial charge on any atom is -0.380 e. The summed E-state index contributed by atoms with van der Waals surface area (Å²) in [4.78, 5) is 17.6. The normalized spacial score (nSPS) is 19.4. The zero-order valence-electron chi connectivity index (χ0n) is 14.5. The Morgan fingerprint density at radius 1 is 1.40 bits per heavy atom. The lowest BCUT2D eigenvalue weighted by molar-refractivity contribution is -0.122. The van der Waals surface area contributed by atoms with Gasteiger partial charge in [-0.2, -0.15) is 0 Å². The lowest BCUT2D eigenvalue weighted by Gasteiger charge is -2.11. The number of halogens is 1. The second-order valence-corrected chi connectivity index (χ2v) is 6.91. The molecule has 2 N–H and O–H groups in total. The van der Waals surface area contributed by atoms with E-state index in [4.69, 9.17) is 4.74 Å². The number of carbonyl (C=O) groups excluding carboxylic acids is 1. The van der Waals surface area contributed by atoms with Gasteiger partial charge in [0.05, 0.1) is 28.2 Å². The largest absolute Gasteiger partial charge is 0.380 e. The zero-order valence-corrected chi connectivity index (χ0v) is 16.1. The third-order valence-electron chi connectivity index (χ3n) is 4.41. The molecule has 2 atom stereocenters. The summed E-state index contributed by atoms with van der Waals surface area (Å²) in [6.45, 7) is 3.42. The van der Waals surface area contributed by atoms with Crippen LogP contribution in [0.2, 0.25) is 0 Å². The van der Waals surface area contributed by atoms with E-state index < -0.39 is 0 Å². The van der Waals surface area contributed by atoms with Gasteiger partial charge in [-0.3, -0.25) is 4.79 Å². The van der Waals surface area contributed by atoms with Crippen molar-refractivity contribution in [1.82, 2.24) is 15.6 Å². The number of aryl methyl sites for hydroxylation is 1. The number of methoxy groups -OCH3 is 1. The van der Waals surface area contributed by atoms with Crippen molar-refractivity contribution in [3.63, 3.8) is 0 Å². The quantitative estimate of drug-likeness (QED) is 0.807. The van der Waals surface area contributed by atoms with Crippen LogP contribution in [-0.4, -0.2) is 43.2 Å². The summed E-state index contributed by atoms with van der Waals surface area (Å²) in [7, 11) is 1.68. The van der Waals surface area contributed by atoms with Gasteiger partial charge in [-0.25, -0.2) is 4.98 Å². The van der Waals surface area contributed by atoms with E-state index in [0.29, 0.717) is 6.54 Å². The Labute approximate surface area is 158 Å². The van der Waals surface area contributed by atoms with Gasteiger partial charge in [-0.15, -0.1) is 23.7 Å². The molecule has 136 valence electrons. The number of thiazole rings is 1. The fraction of sp³-hybridized carbons (Fsp3) is 0.444. The molecule has 2 aromatic rings. The van der Waals surface area contributed by atoms with Crippen molar-refractivity contribution in [2.45, 2.75) is 31.9 Å². The van der Waals surface area contributed by atoms with Gasteiger partial charge in [0.15, 0.2) is 0 Å². The van der Waals surface area contributed by atoms with Crippen LogP contribution >= 0.6 is 23.7 Å². The van der Waals surface area contributed by atoms with Crippen LogP contribution in [0, 0.1) is 6.92 Å². The molecule has 0 bridgehead atoms. The minimum atomic E-state index is -0.133. The summed E-state index contributed by atoms with van der Waals surface area (Å²) >= 11 is 1.66. The molecule has 1 amide bonds. The fourth-order valence-electron chi connectivity index (χ4n) is 2.94. The van der Waals surface area contributed by atoms with Crippen LogP contribution in [0.1, 0.15) is 17.7 Å². The van der Waals surface area contributed by atoms with Gasteiger partial charge in [0, 0.05) is 20.2 Å². The van der Waals surface area contributed by atoms with E-state index in [0.717, 1.165) is 25.1 Å². The lowest BCUT2D eigenvalue weighted by Crippen LogP contribution is -2.41. The fourth-order valence-corrected chi connectivity index (χ4v) is 3.75. The van der Waals surface area contributed by atoms with Gasteiger partial charge >= 0.3 is 0 Å². The lowest BCUT2D eigenvalue weighted by atomic mass is 10.1. The van der Waals surface area contributed by atoms with Crippen molar-refractivity contribution in [2.75, 3.05) is 20.2 Å². The predicted molar refractivity (Wildman–Crippen MR) is 103 cm³/mol. The van der Waals surface area contributed by atoms with Crippen molar-refractivity contribution in [1.29, 1.82) is 0 Å². The maximum absolute atomic E-state index is 12.1. The van der Waals surface area contributed by atoms with Crippen LogP contribution in [0.5, 0.6) is 0 Å². The standard InChI is InChI=1S/C18H23N3O2S.ClH/c1-12-17(24-11-21-12)14-5-3-13(4-6-14)7-8-19-18(22)16-9-15(23-2)10-20-16;/h3-6,11,15-16,20H,7-10H2,1-2H3,(H,19,22);1H/t15-,16+;/m1./s1. The first-order valence-corrected chi connectivity index (χ1v) is 9.08. The molecule has 0 radical (unpaired) electrons. The summed E-state index contributed by atoms with van der Waals surface area (Å²) in [5.41, 5.74) is 5.36. The Bertz CT molecular complexity index is 690. The predicted octanol–water partition coefficient (Wildman–Crippen LogP) is 2.58. The zero-order chi connectivity index (χ0) is 16.9. The van der Waals surface area contributed by atoms with Crippen LogP contribution in [-0.2, 0) is 16.0 Å². The van der Waals surface area contributed by atoms with Crippen molar-refractivity contribution in [2.24, 2.45) is 0 Å². The molecule has 1 fully saturated rings. The van der Waals surface area contributed by atoms with Gasteiger partial charge in [0.25, 0.3) is 0 Å². The molecule has 25 heavy (non-hydrogen) atoms. The molecule has 1 aromatic carbocycles. The second-order valence-electron chi connectivity index (χ2n) is 6.06. The van der Waals surface area contributed by atoms with E-state index in [9.17, 15) is 4.79 Å². The first-order valence-electron chi connectivity index (χ1n) is 8.20. The Morgan fingerprint density at radius 3 is 2.76 bits per heavy atom.